The molecule has 0 radical (unpaired) electrons. The monoisotopic (exact) mass is 355 g/mol. The normalized spacial score (nSPS) is 11.5. The Morgan fingerprint density at radius 3 is 2.42 bits per heavy atom. The van der Waals surface area contributed by atoms with Crippen LogP contribution in [0, 0.1) is 0 Å². The van der Waals surface area contributed by atoms with E-state index in [9.17, 15) is 9.90 Å². The van der Waals surface area contributed by atoms with E-state index < -0.39 is 5.97 Å². The van der Waals surface area contributed by atoms with Gasteiger partial charge in [-0.2, -0.15) is 0 Å². The van der Waals surface area contributed by atoms with Crippen molar-refractivity contribution in [3.05, 3.63) is 59.7 Å². The molecule has 0 amide bonds. The molecule has 0 aromatic heterocycles. The Kier molecular flexibility index (Phi) is 7.24. The van der Waals surface area contributed by atoms with Gasteiger partial charge in [0.1, 0.15) is 6.61 Å². The lowest BCUT2D eigenvalue weighted by molar-refractivity contribution is -0.130. The van der Waals surface area contributed by atoms with Crippen molar-refractivity contribution in [3.8, 4) is 11.5 Å². The maximum Gasteiger partial charge on any atom is 0.336 e. The number of carboxylic acid groups (broad SMARTS) is 1. The van der Waals surface area contributed by atoms with Gasteiger partial charge >= 0.3 is 5.97 Å². The Labute approximate surface area is 154 Å². The number of benzene rings is 2. The van der Waals surface area contributed by atoms with E-state index in [1.165, 1.54) is 0 Å². The van der Waals surface area contributed by atoms with Gasteiger partial charge < -0.3 is 19.5 Å². The Morgan fingerprint density at radius 1 is 1.08 bits per heavy atom. The average Bonchev–Trinajstić information content (AvgIpc) is 2.61. The van der Waals surface area contributed by atoms with Gasteiger partial charge in [0, 0.05) is 6.54 Å². The first kappa shape index (κ1) is 19.5. The first-order chi connectivity index (χ1) is 12.5. The number of rotatable bonds is 9. The summed E-state index contributed by atoms with van der Waals surface area (Å²) in [6.45, 7) is 3.75. The predicted octanol–water partition coefficient (Wildman–Crippen LogP) is 3.65. The molecule has 0 fully saturated rings. The van der Waals surface area contributed by atoms with E-state index in [0.29, 0.717) is 30.3 Å². The molecule has 2 aromatic carbocycles. The number of hydrogen-bond donors (Lipinski definition) is 1. The molecule has 0 saturated carbocycles. The van der Waals surface area contributed by atoms with E-state index in [4.69, 9.17) is 9.47 Å². The Balaban J connectivity index is 2.30. The van der Waals surface area contributed by atoms with Crippen LogP contribution >= 0.6 is 0 Å². The fourth-order valence-corrected chi connectivity index (χ4v) is 2.39. The van der Waals surface area contributed by atoms with Crippen molar-refractivity contribution < 1.29 is 19.4 Å². The van der Waals surface area contributed by atoms with Crippen LogP contribution < -0.4 is 9.47 Å². The quantitative estimate of drug-likeness (QED) is 0.550. The lowest BCUT2D eigenvalue weighted by Gasteiger charge is -2.15. The molecule has 5 heteroatoms. The smallest absolute Gasteiger partial charge is 0.336 e. The first-order valence-corrected chi connectivity index (χ1v) is 8.56. The number of hydrogen-bond acceptors (Lipinski definition) is 4. The minimum absolute atomic E-state index is 0.231. The largest absolute Gasteiger partial charge is 0.490 e. The molecule has 2 rings (SSSR count). The summed E-state index contributed by atoms with van der Waals surface area (Å²) in [6.07, 6.45) is 1.64. The highest BCUT2D eigenvalue weighted by Gasteiger charge is 2.12. The van der Waals surface area contributed by atoms with Gasteiger partial charge in [-0.25, -0.2) is 4.79 Å². The standard InChI is InChI=1S/C21H25NO4/c1-4-25-20-15-16(10-11-19(20)26-13-12-22(2)3)14-18(21(23)24)17-8-6-5-7-9-17/h5-11,14-15H,4,12-13H2,1-3H3,(H,23,24)/b18-14-. The minimum Gasteiger partial charge on any atom is -0.490 e. The summed E-state index contributed by atoms with van der Waals surface area (Å²) >= 11 is 0. The first-order valence-electron chi connectivity index (χ1n) is 8.56. The molecule has 5 nitrogen and oxygen atoms in total. The maximum absolute atomic E-state index is 11.7. The molecule has 1 N–H and O–H groups in total. The van der Waals surface area contributed by atoms with Crippen LogP contribution in [0.5, 0.6) is 11.5 Å². The zero-order valence-electron chi connectivity index (χ0n) is 15.4. The fraction of sp³-hybridized carbons (Fsp3) is 0.286. The van der Waals surface area contributed by atoms with Crippen LogP contribution in [0.1, 0.15) is 18.1 Å². The number of ether oxygens (including phenoxy) is 2. The van der Waals surface area contributed by atoms with Gasteiger partial charge in [0.2, 0.25) is 0 Å². The minimum atomic E-state index is -0.972. The highest BCUT2D eigenvalue weighted by molar-refractivity contribution is 6.20. The van der Waals surface area contributed by atoms with Crippen molar-refractivity contribution in [1.82, 2.24) is 4.90 Å². The van der Waals surface area contributed by atoms with Crippen molar-refractivity contribution >= 4 is 17.6 Å². The number of nitrogens with zero attached hydrogens (tertiary/aromatic N) is 1. The van der Waals surface area contributed by atoms with Gasteiger partial charge in [0.05, 0.1) is 12.2 Å². The highest BCUT2D eigenvalue weighted by Crippen LogP contribution is 2.30. The molecule has 0 aliphatic heterocycles. The molecule has 0 aliphatic rings. The molecule has 0 atom stereocenters. The van der Waals surface area contributed by atoms with Crippen LogP contribution in [0.3, 0.4) is 0 Å². The molecular formula is C21H25NO4. The van der Waals surface area contributed by atoms with Crippen LogP contribution in [0.4, 0.5) is 0 Å². The Hall–Kier alpha value is -2.79. The van der Waals surface area contributed by atoms with Gasteiger partial charge in [0.15, 0.2) is 11.5 Å². The average molecular weight is 355 g/mol. The molecule has 0 aliphatic carbocycles. The summed E-state index contributed by atoms with van der Waals surface area (Å²) < 4.78 is 11.5. The molecule has 0 spiro atoms. The van der Waals surface area contributed by atoms with Gasteiger partial charge in [-0.15, -0.1) is 0 Å². The van der Waals surface area contributed by atoms with E-state index in [-0.39, 0.29) is 5.57 Å². The third kappa shape index (κ3) is 5.63. The van der Waals surface area contributed by atoms with Crippen molar-refractivity contribution in [2.75, 3.05) is 33.9 Å². The number of aliphatic carboxylic acids is 1. The van der Waals surface area contributed by atoms with E-state index in [0.717, 1.165) is 12.1 Å². The summed E-state index contributed by atoms with van der Waals surface area (Å²) in [5, 5.41) is 9.55. The molecule has 26 heavy (non-hydrogen) atoms. The van der Waals surface area contributed by atoms with E-state index in [2.05, 4.69) is 0 Å². The van der Waals surface area contributed by atoms with Gasteiger partial charge in [-0.1, -0.05) is 36.4 Å². The molecule has 2 aromatic rings. The van der Waals surface area contributed by atoms with Crippen LogP contribution in [-0.2, 0) is 4.79 Å². The summed E-state index contributed by atoms with van der Waals surface area (Å²) in [5.74, 6) is 0.292. The zero-order valence-corrected chi connectivity index (χ0v) is 15.4. The third-order valence-corrected chi connectivity index (χ3v) is 3.69. The zero-order chi connectivity index (χ0) is 18.9. The molecular weight excluding hydrogens is 330 g/mol. The van der Waals surface area contributed by atoms with Crippen molar-refractivity contribution in [2.24, 2.45) is 0 Å². The molecule has 0 heterocycles. The second-order valence-corrected chi connectivity index (χ2v) is 6.02. The molecule has 0 bridgehead atoms. The summed E-state index contributed by atoms with van der Waals surface area (Å²) in [6, 6.07) is 14.5. The summed E-state index contributed by atoms with van der Waals surface area (Å²) in [4.78, 5) is 13.7. The second kappa shape index (κ2) is 9.63. The highest BCUT2D eigenvalue weighted by atomic mass is 16.5. The number of carbonyl (C=O) groups is 1. The SMILES string of the molecule is CCOc1cc(/C=C(\C(=O)O)c2ccccc2)ccc1OCCN(C)C. The van der Waals surface area contributed by atoms with Crippen molar-refractivity contribution in [1.29, 1.82) is 0 Å². The van der Waals surface area contributed by atoms with Gasteiger partial charge in [-0.05, 0) is 50.4 Å². The Morgan fingerprint density at radius 2 is 1.81 bits per heavy atom. The topological polar surface area (TPSA) is 59.0 Å². The Bertz CT molecular complexity index is 754. The van der Waals surface area contributed by atoms with Crippen LogP contribution in [-0.4, -0.2) is 49.8 Å². The fourth-order valence-electron chi connectivity index (χ4n) is 2.39. The van der Waals surface area contributed by atoms with Crippen molar-refractivity contribution in [3.63, 3.8) is 0 Å². The molecule has 138 valence electrons. The molecule has 0 saturated heterocycles. The van der Waals surface area contributed by atoms with Gasteiger partial charge in [-0.3, -0.25) is 0 Å². The third-order valence-electron chi connectivity index (χ3n) is 3.69. The predicted molar refractivity (Wildman–Crippen MR) is 104 cm³/mol. The lowest BCUT2D eigenvalue weighted by Crippen LogP contribution is -2.19. The molecule has 0 unspecified atom stereocenters. The van der Waals surface area contributed by atoms with E-state index in [1.807, 2.05) is 56.3 Å². The maximum atomic E-state index is 11.7. The van der Waals surface area contributed by atoms with Crippen LogP contribution in [0.15, 0.2) is 48.5 Å². The van der Waals surface area contributed by atoms with Crippen LogP contribution in [0.25, 0.3) is 11.6 Å². The summed E-state index contributed by atoms with van der Waals surface area (Å²) in [7, 11) is 3.97. The lowest BCUT2D eigenvalue weighted by atomic mass is 10.0. The number of likely N-dealkylation sites (N-methyl/N-ethyl adjacent to an activating group) is 1. The van der Waals surface area contributed by atoms with Crippen LogP contribution in [0.2, 0.25) is 0 Å². The second-order valence-electron chi connectivity index (χ2n) is 6.02. The van der Waals surface area contributed by atoms with E-state index >= 15 is 0 Å². The van der Waals surface area contributed by atoms with Crippen molar-refractivity contribution in [2.45, 2.75) is 6.92 Å². The number of carboxylic acids is 1. The van der Waals surface area contributed by atoms with Gasteiger partial charge in [0.25, 0.3) is 0 Å². The summed E-state index contributed by atoms with van der Waals surface area (Å²) in [5.41, 5.74) is 1.63. The van der Waals surface area contributed by atoms with E-state index in [1.54, 1.807) is 24.3 Å².